The van der Waals surface area contributed by atoms with Crippen LogP contribution in [0.5, 0.6) is 0 Å². The normalized spacial score (nSPS) is 14.4. The molecule has 0 bridgehead atoms. The van der Waals surface area contributed by atoms with E-state index in [9.17, 15) is 4.79 Å². The standard InChI is InChI=1S/C15H18ClN7OS/c1-9-8-25-12(19-9)6-11(24)22-18-7-10-13(16)20-15(17)21-14(10)23-4-2-3-5-23/h7-8H,2-6H2,1H3,(H,22,24)(H2,17,20,21). The Labute approximate surface area is 154 Å². The molecule has 1 aliphatic heterocycles. The molecule has 25 heavy (non-hydrogen) atoms. The van der Waals surface area contributed by atoms with Crippen LogP contribution in [0.3, 0.4) is 0 Å². The van der Waals surface area contributed by atoms with E-state index in [2.05, 4.69) is 30.4 Å². The molecule has 0 atom stereocenters. The lowest BCUT2D eigenvalue weighted by molar-refractivity contribution is -0.120. The first-order chi connectivity index (χ1) is 12.0. The molecule has 1 aliphatic rings. The molecule has 2 aromatic heterocycles. The molecule has 0 unspecified atom stereocenters. The minimum absolute atomic E-state index is 0.118. The van der Waals surface area contributed by atoms with Crippen molar-refractivity contribution in [1.82, 2.24) is 20.4 Å². The maximum atomic E-state index is 11.9. The summed E-state index contributed by atoms with van der Waals surface area (Å²) in [6.07, 6.45) is 3.81. The van der Waals surface area contributed by atoms with Crippen molar-refractivity contribution in [3.05, 3.63) is 26.8 Å². The van der Waals surface area contributed by atoms with Gasteiger partial charge in [-0.05, 0) is 19.8 Å². The van der Waals surface area contributed by atoms with Crippen molar-refractivity contribution >= 4 is 46.8 Å². The Hall–Kier alpha value is -2.26. The predicted octanol–water partition coefficient (Wildman–Crippen LogP) is 1.77. The summed E-state index contributed by atoms with van der Waals surface area (Å²) >= 11 is 7.64. The molecule has 3 rings (SSSR count). The smallest absolute Gasteiger partial charge is 0.246 e. The van der Waals surface area contributed by atoms with Gasteiger partial charge in [-0.1, -0.05) is 11.6 Å². The average molecular weight is 380 g/mol. The Balaban J connectivity index is 1.71. The molecule has 1 saturated heterocycles. The number of hydrogen-bond acceptors (Lipinski definition) is 8. The fraction of sp³-hybridized carbons (Fsp3) is 0.400. The SMILES string of the molecule is Cc1csc(CC(=O)NN=Cc2c(Cl)nc(N)nc2N2CCCC2)n1. The summed E-state index contributed by atoms with van der Waals surface area (Å²) < 4.78 is 0. The van der Waals surface area contributed by atoms with Crippen molar-refractivity contribution < 1.29 is 4.79 Å². The number of amides is 1. The third-order valence-corrected chi connectivity index (χ3v) is 4.92. The number of carbonyl (C=O) groups is 1. The summed E-state index contributed by atoms with van der Waals surface area (Å²) in [5, 5.41) is 6.85. The first-order valence-electron chi connectivity index (χ1n) is 7.84. The van der Waals surface area contributed by atoms with Gasteiger partial charge < -0.3 is 10.6 Å². The summed E-state index contributed by atoms with van der Waals surface area (Å²) in [7, 11) is 0. The fourth-order valence-corrected chi connectivity index (χ4v) is 3.55. The molecule has 0 radical (unpaired) electrons. The molecule has 2 aromatic rings. The van der Waals surface area contributed by atoms with Gasteiger partial charge in [0.15, 0.2) is 0 Å². The van der Waals surface area contributed by atoms with E-state index in [4.69, 9.17) is 17.3 Å². The zero-order valence-corrected chi connectivity index (χ0v) is 15.3. The second-order valence-electron chi connectivity index (χ2n) is 5.66. The van der Waals surface area contributed by atoms with Gasteiger partial charge in [-0.25, -0.2) is 15.4 Å². The molecule has 0 spiro atoms. The number of nitrogens with one attached hydrogen (secondary N) is 1. The molecule has 1 amide bonds. The van der Waals surface area contributed by atoms with Gasteiger partial charge in [0.05, 0.1) is 18.2 Å². The van der Waals surface area contributed by atoms with E-state index < -0.39 is 0 Å². The third-order valence-electron chi connectivity index (χ3n) is 3.66. The lowest BCUT2D eigenvalue weighted by atomic mass is 10.3. The van der Waals surface area contributed by atoms with E-state index in [0.717, 1.165) is 36.6 Å². The van der Waals surface area contributed by atoms with Gasteiger partial charge in [0.25, 0.3) is 0 Å². The summed E-state index contributed by atoms with van der Waals surface area (Å²) in [6, 6.07) is 0. The van der Waals surface area contributed by atoms with Crippen LogP contribution in [0.25, 0.3) is 0 Å². The number of rotatable bonds is 5. The van der Waals surface area contributed by atoms with Crippen molar-refractivity contribution in [3.63, 3.8) is 0 Å². The number of nitrogens with two attached hydrogens (primary N) is 1. The van der Waals surface area contributed by atoms with E-state index in [0.29, 0.717) is 11.4 Å². The Morgan fingerprint density at radius 1 is 1.44 bits per heavy atom. The zero-order chi connectivity index (χ0) is 17.8. The molecule has 3 heterocycles. The van der Waals surface area contributed by atoms with Gasteiger partial charge in [0.2, 0.25) is 11.9 Å². The Morgan fingerprint density at radius 2 is 2.20 bits per heavy atom. The van der Waals surface area contributed by atoms with Gasteiger partial charge in [-0.15, -0.1) is 11.3 Å². The molecule has 132 valence electrons. The van der Waals surface area contributed by atoms with Crippen LogP contribution in [-0.4, -0.2) is 40.2 Å². The maximum absolute atomic E-state index is 11.9. The number of nitrogens with zero attached hydrogens (tertiary/aromatic N) is 5. The first kappa shape index (κ1) is 17.6. The van der Waals surface area contributed by atoms with Crippen LogP contribution in [0.4, 0.5) is 11.8 Å². The second-order valence-corrected chi connectivity index (χ2v) is 6.96. The van der Waals surface area contributed by atoms with Crippen LogP contribution in [0.15, 0.2) is 10.5 Å². The van der Waals surface area contributed by atoms with Crippen LogP contribution in [0.1, 0.15) is 29.1 Å². The van der Waals surface area contributed by atoms with Crippen molar-refractivity contribution in [2.24, 2.45) is 5.10 Å². The number of halogens is 1. The number of anilines is 2. The Morgan fingerprint density at radius 3 is 2.88 bits per heavy atom. The zero-order valence-electron chi connectivity index (χ0n) is 13.7. The quantitative estimate of drug-likeness (QED) is 0.465. The minimum Gasteiger partial charge on any atom is -0.368 e. The molecule has 8 nitrogen and oxygen atoms in total. The highest BCUT2D eigenvalue weighted by Crippen LogP contribution is 2.26. The molecular weight excluding hydrogens is 362 g/mol. The monoisotopic (exact) mass is 379 g/mol. The molecule has 0 aliphatic carbocycles. The summed E-state index contributed by atoms with van der Waals surface area (Å²) in [4.78, 5) is 26.5. The third kappa shape index (κ3) is 4.43. The second kappa shape index (κ2) is 7.75. The highest BCUT2D eigenvalue weighted by atomic mass is 35.5. The van der Waals surface area contributed by atoms with E-state index in [-0.39, 0.29) is 23.4 Å². The predicted molar refractivity (Wildman–Crippen MR) is 99.2 cm³/mol. The lowest BCUT2D eigenvalue weighted by Gasteiger charge is -2.19. The van der Waals surface area contributed by atoms with Crippen molar-refractivity contribution in [2.75, 3.05) is 23.7 Å². The van der Waals surface area contributed by atoms with E-state index in [1.807, 2.05) is 12.3 Å². The summed E-state index contributed by atoms with van der Waals surface area (Å²) in [6.45, 7) is 3.64. The van der Waals surface area contributed by atoms with Crippen molar-refractivity contribution in [1.29, 1.82) is 0 Å². The van der Waals surface area contributed by atoms with Crippen LogP contribution >= 0.6 is 22.9 Å². The van der Waals surface area contributed by atoms with E-state index >= 15 is 0 Å². The minimum atomic E-state index is -0.249. The highest BCUT2D eigenvalue weighted by molar-refractivity contribution is 7.09. The summed E-state index contributed by atoms with van der Waals surface area (Å²) in [5.41, 5.74) is 9.63. The molecular formula is C15H18ClN7OS. The molecule has 3 N–H and O–H groups in total. The Kier molecular flexibility index (Phi) is 5.44. The fourth-order valence-electron chi connectivity index (χ4n) is 2.56. The van der Waals surface area contributed by atoms with Gasteiger partial charge in [-0.2, -0.15) is 10.1 Å². The van der Waals surface area contributed by atoms with Gasteiger partial charge in [-0.3, -0.25) is 4.79 Å². The number of thiazole rings is 1. The maximum Gasteiger partial charge on any atom is 0.246 e. The number of carbonyl (C=O) groups excluding carboxylic acids is 1. The van der Waals surface area contributed by atoms with Crippen molar-refractivity contribution in [3.8, 4) is 0 Å². The Bertz CT molecular complexity index is 801. The van der Waals surface area contributed by atoms with Crippen LogP contribution in [0, 0.1) is 6.92 Å². The largest absolute Gasteiger partial charge is 0.368 e. The molecule has 0 aromatic carbocycles. The number of aryl methyl sites for hydroxylation is 1. The summed E-state index contributed by atoms with van der Waals surface area (Å²) in [5.74, 6) is 0.511. The molecule has 1 fully saturated rings. The average Bonchev–Trinajstić information content (AvgIpc) is 3.21. The number of nitrogen functional groups attached to an aromatic ring is 1. The van der Waals surface area contributed by atoms with Gasteiger partial charge in [0, 0.05) is 24.2 Å². The van der Waals surface area contributed by atoms with Crippen LogP contribution in [0.2, 0.25) is 5.15 Å². The molecule has 10 heteroatoms. The highest BCUT2D eigenvalue weighted by Gasteiger charge is 2.20. The van der Waals surface area contributed by atoms with Crippen LogP contribution in [-0.2, 0) is 11.2 Å². The molecule has 0 saturated carbocycles. The van der Waals surface area contributed by atoms with Crippen molar-refractivity contribution in [2.45, 2.75) is 26.2 Å². The first-order valence-corrected chi connectivity index (χ1v) is 9.09. The topological polar surface area (TPSA) is 109 Å². The number of hydrogen-bond donors (Lipinski definition) is 2. The number of hydrazone groups is 1. The number of aromatic nitrogens is 3. The van der Waals surface area contributed by atoms with E-state index in [1.165, 1.54) is 17.6 Å². The lowest BCUT2D eigenvalue weighted by Crippen LogP contribution is -2.23. The van der Waals surface area contributed by atoms with Gasteiger partial charge in [0.1, 0.15) is 16.0 Å². The van der Waals surface area contributed by atoms with Crippen LogP contribution < -0.4 is 16.1 Å². The van der Waals surface area contributed by atoms with Gasteiger partial charge >= 0.3 is 0 Å². The van der Waals surface area contributed by atoms with E-state index in [1.54, 1.807) is 0 Å².